The molecule has 0 spiro atoms. The molecule has 2 nitrogen and oxygen atoms in total. The van der Waals surface area contributed by atoms with Crippen LogP contribution in [-0.4, -0.2) is 0 Å². The number of nitrogens with two attached hydrogens (primary N) is 1. The van der Waals surface area contributed by atoms with Crippen LogP contribution < -0.4 is 11.3 Å². The molecule has 112 valence electrons. The van der Waals surface area contributed by atoms with Gasteiger partial charge in [0.15, 0.2) is 0 Å². The van der Waals surface area contributed by atoms with Crippen LogP contribution in [0.25, 0.3) is 0 Å². The molecule has 0 amide bonds. The monoisotopic (exact) mass is 306 g/mol. The van der Waals surface area contributed by atoms with E-state index in [9.17, 15) is 4.39 Å². The van der Waals surface area contributed by atoms with Gasteiger partial charge >= 0.3 is 0 Å². The van der Waals surface area contributed by atoms with Gasteiger partial charge in [0.1, 0.15) is 5.82 Å². The van der Waals surface area contributed by atoms with Gasteiger partial charge in [-0.05, 0) is 35.1 Å². The van der Waals surface area contributed by atoms with E-state index < -0.39 is 5.82 Å². The molecule has 2 aromatic carbocycles. The third-order valence-electron chi connectivity index (χ3n) is 3.64. The minimum Gasteiger partial charge on any atom is -0.271 e. The first kappa shape index (κ1) is 16.0. The topological polar surface area (TPSA) is 38.0 Å². The highest BCUT2D eigenvalue weighted by Gasteiger charge is 2.16. The molecule has 0 heterocycles. The second-order valence-electron chi connectivity index (χ2n) is 5.46. The Labute approximate surface area is 130 Å². The lowest BCUT2D eigenvalue weighted by Gasteiger charge is -2.18. The van der Waals surface area contributed by atoms with Crippen LogP contribution in [0.15, 0.2) is 42.5 Å². The van der Waals surface area contributed by atoms with Crippen molar-refractivity contribution >= 4 is 11.6 Å². The summed E-state index contributed by atoms with van der Waals surface area (Å²) < 4.78 is 13.6. The summed E-state index contributed by atoms with van der Waals surface area (Å²) in [6.07, 6.45) is 0.651. The van der Waals surface area contributed by atoms with Crippen LogP contribution in [0.4, 0.5) is 4.39 Å². The van der Waals surface area contributed by atoms with E-state index in [1.807, 2.05) is 0 Å². The molecule has 0 aliphatic rings. The molecule has 0 saturated heterocycles. The summed E-state index contributed by atoms with van der Waals surface area (Å²) in [7, 11) is 0. The maximum atomic E-state index is 13.6. The van der Waals surface area contributed by atoms with E-state index in [0.717, 1.165) is 5.56 Å². The third-order valence-corrected chi connectivity index (χ3v) is 4.04. The van der Waals surface area contributed by atoms with Crippen molar-refractivity contribution in [3.8, 4) is 0 Å². The van der Waals surface area contributed by atoms with Gasteiger partial charge in [0.25, 0.3) is 0 Å². The van der Waals surface area contributed by atoms with E-state index in [4.69, 9.17) is 17.4 Å². The summed E-state index contributed by atoms with van der Waals surface area (Å²) in [6, 6.07) is 12.9. The lowest BCUT2D eigenvalue weighted by molar-refractivity contribution is 0.544. The lowest BCUT2D eigenvalue weighted by Crippen LogP contribution is -2.30. The zero-order valence-electron chi connectivity index (χ0n) is 12.2. The molecule has 3 N–H and O–H groups in total. The Morgan fingerprint density at radius 2 is 1.81 bits per heavy atom. The van der Waals surface area contributed by atoms with Gasteiger partial charge in [-0.15, -0.1) is 0 Å². The molecule has 0 saturated carbocycles. The molecule has 0 aromatic heterocycles. The van der Waals surface area contributed by atoms with Crippen molar-refractivity contribution < 1.29 is 4.39 Å². The van der Waals surface area contributed by atoms with Gasteiger partial charge in [0, 0.05) is 0 Å². The molecule has 1 atom stereocenters. The van der Waals surface area contributed by atoms with Crippen molar-refractivity contribution in [2.45, 2.75) is 32.2 Å². The van der Waals surface area contributed by atoms with E-state index in [2.05, 4.69) is 43.5 Å². The summed E-state index contributed by atoms with van der Waals surface area (Å²) in [5.41, 5.74) is 5.81. The number of rotatable bonds is 5. The average molecular weight is 307 g/mol. The molecule has 4 heteroatoms. The Kier molecular flexibility index (Phi) is 5.34. The quantitative estimate of drug-likeness (QED) is 0.636. The number of hydrogen-bond donors (Lipinski definition) is 2. The highest BCUT2D eigenvalue weighted by molar-refractivity contribution is 6.31. The van der Waals surface area contributed by atoms with Crippen LogP contribution in [0.5, 0.6) is 0 Å². The maximum absolute atomic E-state index is 13.6. The Balaban J connectivity index is 2.21. The molecule has 0 radical (unpaired) electrons. The SMILES string of the molecule is CC(C)c1ccc(CC(NN)c2cccc(F)c2Cl)cc1. The predicted molar refractivity (Wildman–Crippen MR) is 85.7 cm³/mol. The minimum absolute atomic E-state index is 0.124. The van der Waals surface area contributed by atoms with Gasteiger partial charge in [0.05, 0.1) is 11.1 Å². The van der Waals surface area contributed by atoms with Gasteiger partial charge in [-0.2, -0.15) is 0 Å². The van der Waals surface area contributed by atoms with Crippen LogP contribution in [0, 0.1) is 5.82 Å². The van der Waals surface area contributed by atoms with Crippen molar-refractivity contribution in [1.29, 1.82) is 0 Å². The Bertz CT molecular complexity index is 596. The summed E-state index contributed by atoms with van der Waals surface area (Å²) in [6.45, 7) is 4.32. The molecular formula is C17H20ClFN2. The molecule has 1 unspecified atom stereocenters. The van der Waals surface area contributed by atoms with Gasteiger partial charge in [-0.1, -0.05) is 61.8 Å². The first-order valence-corrected chi connectivity index (χ1v) is 7.39. The number of hydrazine groups is 1. The largest absolute Gasteiger partial charge is 0.271 e. The first-order chi connectivity index (χ1) is 10.0. The molecule has 2 aromatic rings. The van der Waals surface area contributed by atoms with E-state index in [1.54, 1.807) is 12.1 Å². The molecule has 0 aliphatic heterocycles. The van der Waals surface area contributed by atoms with Crippen molar-refractivity contribution in [2.24, 2.45) is 5.84 Å². The van der Waals surface area contributed by atoms with E-state index >= 15 is 0 Å². The Hall–Kier alpha value is -1.42. The van der Waals surface area contributed by atoms with Crippen LogP contribution in [0.1, 0.15) is 42.5 Å². The van der Waals surface area contributed by atoms with Crippen molar-refractivity contribution in [2.75, 3.05) is 0 Å². The summed E-state index contributed by atoms with van der Waals surface area (Å²) in [4.78, 5) is 0. The summed E-state index contributed by atoms with van der Waals surface area (Å²) in [5.74, 6) is 5.69. The van der Waals surface area contributed by atoms with Crippen LogP contribution >= 0.6 is 11.6 Å². The fourth-order valence-electron chi connectivity index (χ4n) is 2.32. The second kappa shape index (κ2) is 7.03. The smallest absolute Gasteiger partial charge is 0.142 e. The third kappa shape index (κ3) is 3.82. The van der Waals surface area contributed by atoms with Crippen LogP contribution in [-0.2, 0) is 6.42 Å². The highest BCUT2D eigenvalue weighted by atomic mass is 35.5. The summed E-state index contributed by atoms with van der Waals surface area (Å²) >= 11 is 6.03. The van der Waals surface area contributed by atoms with E-state index in [1.165, 1.54) is 11.6 Å². The van der Waals surface area contributed by atoms with Crippen LogP contribution in [0.2, 0.25) is 5.02 Å². The van der Waals surface area contributed by atoms with E-state index in [0.29, 0.717) is 17.9 Å². The van der Waals surface area contributed by atoms with E-state index in [-0.39, 0.29) is 11.1 Å². The standard InChI is InChI=1S/C17H20ClFN2/c1-11(2)13-8-6-12(7-9-13)10-16(21-20)14-4-3-5-15(19)17(14)18/h3-9,11,16,21H,10,20H2,1-2H3. The number of halogens is 2. The average Bonchev–Trinajstić information content (AvgIpc) is 2.48. The van der Waals surface area contributed by atoms with Gasteiger partial charge in [-0.3, -0.25) is 11.3 Å². The maximum Gasteiger partial charge on any atom is 0.142 e. The summed E-state index contributed by atoms with van der Waals surface area (Å²) in [5, 5.41) is 0.124. The predicted octanol–water partition coefficient (Wildman–Crippen LogP) is 4.35. The van der Waals surface area contributed by atoms with Crippen LogP contribution in [0.3, 0.4) is 0 Å². The fourth-order valence-corrected chi connectivity index (χ4v) is 2.58. The fraction of sp³-hybridized carbons (Fsp3) is 0.294. The van der Waals surface area contributed by atoms with Gasteiger partial charge < -0.3 is 0 Å². The molecule has 0 bridgehead atoms. The Morgan fingerprint density at radius 3 is 2.38 bits per heavy atom. The van der Waals surface area contributed by atoms with Crippen molar-refractivity contribution in [3.05, 3.63) is 70.0 Å². The Morgan fingerprint density at radius 1 is 1.14 bits per heavy atom. The molecular weight excluding hydrogens is 287 g/mol. The zero-order valence-corrected chi connectivity index (χ0v) is 13.0. The van der Waals surface area contributed by atoms with Gasteiger partial charge in [-0.25, -0.2) is 4.39 Å². The highest BCUT2D eigenvalue weighted by Crippen LogP contribution is 2.28. The second-order valence-corrected chi connectivity index (χ2v) is 5.84. The zero-order chi connectivity index (χ0) is 15.4. The minimum atomic E-state index is -0.426. The number of hydrogen-bond acceptors (Lipinski definition) is 2. The molecule has 2 rings (SSSR count). The first-order valence-electron chi connectivity index (χ1n) is 7.01. The molecule has 0 aliphatic carbocycles. The normalized spacial score (nSPS) is 12.7. The van der Waals surface area contributed by atoms with Crippen molar-refractivity contribution in [1.82, 2.24) is 5.43 Å². The number of nitrogens with one attached hydrogen (secondary N) is 1. The lowest BCUT2D eigenvalue weighted by atomic mass is 9.96. The molecule has 21 heavy (non-hydrogen) atoms. The number of benzene rings is 2. The van der Waals surface area contributed by atoms with Gasteiger partial charge in [0.2, 0.25) is 0 Å². The van der Waals surface area contributed by atoms with Crippen molar-refractivity contribution in [3.63, 3.8) is 0 Å². The molecule has 0 fully saturated rings.